The molecule has 0 rings (SSSR count). The van der Waals surface area contributed by atoms with Crippen molar-refractivity contribution in [2.24, 2.45) is 0 Å². The SMILES string of the molecule is CC(F)F.FC(Cl)(Cl)Cl. The molecule has 0 saturated carbocycles. The zero-order valence-corrected chi connectivity index (χ0v) is 6.61. The zero-order valence-electron chi connectivity index (χ0n) is 4.35. The predicted molar refractivity (Wildman–Crippen MR) is 33.1 cm³/mol. The molecule has 0 aromatic heterocycles. The van der Waals surface area contributed by atoms with E-state index in [4.69, 9.17) is 0 Å². The zero-order chi connectivity index (χ0) is 8.08. The molecule has 0 aliphatic rings. The van der Waals surface area contributed by atoms with E-state index in [1.165, 1.54) is 0 Å². The van der Waals surface area contributed by atoms with E-state index in [0.717, 1.165) is 6.92 Å². The summed E-state index contributed by atoms with van der Waals surface area (Å²) in [5.74, 6) is 0. The van der Waals surface area contributed by atoms with Gasteiger partial charge < -0.3 is 0 Å². The molecule has 9 heavy (non-hydrogen) atoms. The molecule has 0 fully saturated rings. The highest BCUT2D eigenvalue weighted by Gasteiger charge is 2.14. The molecule has 0 saturated heterocycles. The number of halogens is 6. The second kappa shape index (κ2) is 5.45. The molecule has 0 aromatic rings. The second-order valence-electron chi connectivity index (χ2n) is 0.947. The lowest BCUT2D eigenvalue weighted by atomic mass is 10.9. The van der Waals surface area contributed by atoms with Gasteiger partial charge in [-0.1, -0.05) is 0 Å². The first-order valence-corrected chi connectivity index (χ1v) is 2.90. The maximum atomic E-state index is 11.0. The molecule has 0 heterocycles. The third kappa shape index (κ3) is 882. The summed E-state index contributed by atoms with van der Waals surface area (Å²) in [4.78, 5) is 0. The van der Waals surface area contributed by atoms with Crippen LogP contribution in [0.3, 0.4) is 0 Å². The van der Waals surface area contributed by atoms with Gasteiger partial charge in [0.05, 0.1) is 0 Å². The number of alkyl halides is 6. The van der Waals surface area contributed by atoms with Crippen LogP contribution in [-0.4, -0.2) is 10.5 Å². The summed E-state index contributed by atoms with van der Waals surface area (Å²) in [6.07, 6.45) is -2.17. The van der Waals surface area contributed by atoms with Crippen LogP contribution in [-0.2, 0) is 0 Å². The Morgan fingerprint density at radius 2 is 1.22 bits per heavy atom. The van der Waals surface area contributed by atoms with Crippen LogP contribution in [0.4, 0.5) is 13.2 Å². The van der Waals surface area contributed by atoms with E-state index in [9.17, 15) is 13.2 Å². The Morgan fingerprint density at radius 3 is 1.22 bits per heavy atom. The maximum Gasteiger partial charge on any atom is 0.333 e. The molecular weight excluding hydrogens is 199 g/mol. The van der Waals surface area contributed by atoms with Crippen molar-refractivity contribution in [2.45, 2.75) is 17.4 Å². The van der Waals surface area contributed by atoms with Gasteiger partial charge in [-0.25, -0.2) is 8.78 Å². The third-order valence-electron chi connectivity index (χ3n) is 0. The number of rotatable bonds is 0. The van der Waals surface area contributed by atoms with Crippen LogP contribution in [0.5, 0.6) is 0 Å². The highest BCUT2D eigenvalue weighted by molar-refractivity contribution is 6.66. The van der Waals surface area contributed by atoms with E-state index in [-0.39, 0.29) is 0 Å². The van der Waals surface area contributed by atoms with E-state index in [1.54, 1.807) is 0 Å². The lowest BCUT2D eigenvalue weighted by Gasteiger charge is -1.89. The summed E-state index contributed by atoms with van der Waals surface area (Å²) < 4.78 is 29.1. The minimum Gasteiger partial charge on any atom is -0.211 e. The smallest absolute Gasteiger partial charge is 0.211 e. The van der Waals surface area contributed by atoms with Gasteiger partial charge in [-0.3, -0.25) is 0 Å². The van der Waals surface area contributed by atoms with E-state index in [1.807, 2.05) is 0 Å². The minimum atomic E-state index is -2.58. The first kappa shape index (κ1) is 12.3. The van der Waals surface area contributed by atoms with Crippen molar-refractivity contribution in [1.29, 1.82) is 0 Å². The number of hydrogen-bond acceptors (Lipinski definition) is 0. The molecular formula is C3H4Cl3F3. The first-order chi connectivity index (χ1) is 3.73. The van der Waals surface area contributed by atoms with E-state index >= 15 is 0 Å². The molecule has 0 radical (unpaired) electrons. The summed E-state index contributed by atoms with van der Waals surface area (Å²) in [7, 11) is 0. The molecule has 0 aliphatic carbocycles. The van der Waals surface area contributed by atoms with Gasteiger partial charge in [-0.05, 0) is 41.7 Å². The van der Waals surface area contributed by atoms with Crippen molar-refractivity contribution >= 4 is 34.8 Å². The van der Waals surface area contributed by atoms with Gasteiger partial charge in [0.2, 0.25) is 6.43 Å². The van der Waals surface area contributed by atoms with Crippen LogP contribution in [0.25, 0.3) is 0 Å². The van der Waals surface area contributed by atoms with Crippen molar-refractivity contribution in [1.82, 2.24) is 0 Å². The average molecular weight is 203 g/mol. The average Bonchev–Trinajstić information content (AvgIpc) is 1.19. The Bertz CT molecular complexity index is 51.1. The molecule has 0 amide bonds. The topological polar surface area (TPSA) is 0 Å². The summed E-state index contributed by atoms with van der Waals surface area (Å²) in [6.45, 7) is 0.833. The summed E-state index contributed by atoms with van der Waals surface area (Å²) >= 11 is 13.2. The Labute approximate surface area is 65.9 Å². The fourth-order valence-electron chi connectivity index (χ4n) is 0. The Morgan fingerprint density at radius 1 is 1.22 bits per heavy atom. The van der Waals surface area contributed by atoms with Crippen LogP contribution in [0.1, 0.15) is 6.92 Å². The van der Waals surface area contributed by atoms with Crippen LogP contribution in [0.2, 0.25) is 0 Å². The summed E-state index contributed by atoms with van der Waals surface area (Å²) in [6, 6.07) is 0. The van der Waals surface area contributed by atoms with Gasteiger partial charge >= 0.3 is 4.05 Å². The molecule has 0 unspecified atom stereocenters. The van der Waals surface area contributed by atoms with Gasteiger partial charge in [0, 0.05) is 0 Å². The standard InChI is InChI=1S/C2H4F2.CCl3F/c1-2(3)4;2-1(3,4)5/h2H,1H3;. The van der Waals surface area contributed by atoms with Crippen LogP contribution in [0.15, 0.2) is 0 Å². The Kier molecular flexibility index (Phi) is 7.47. The molecule has 0 spiro atoms. The number of hydrogen-bond donors (Lipinski definition) is 0. The monoisotopic (exact) mass is 202 g/mol. The molecule has 0 nitrogen and oxygen atoms in total. The van der Waals surface area contributed by atoms with E-state index < -0.39 is 10.5 Å². The summed E-state index contributed by atoms with van der Waals surface area (Å²) in [5, 5.41) is 0. The van der Waals surface area contributed by atoms with Crippen LogP contribution < -0.4 is 0 Å². The van der Waals surface area contributed by atoms with Crippen molar-refractivity contribution in [2.75, 3.05) is 0 Å². The normalized spacial score (nSPS) is 10.7. The van der Waals surface area contributed by atoms with Crippen molar-refractivity contribution in [3.63, 3.8) is 0 Å². The molecule has 0 atom stereocenters. The fraction of sp³-hybridized carbons (Fsp3) is 1.00. The molecule has 58 valence electrons. The quantitative estimate of drug-likeness (QED) is 0.528. The maximum absolute atomic E-state index is 11.0. The van der Waals surface area contributed by atoms with Crippen molar-refractivity contribution in [3.05, 3.63) is 0 Å². The largest absolute Gasteiger partial charge is 0.333 e. The lowest BCUT2D eigenvalue weighted by molar-refractivity contribution is 0.171. The lowest BCUT2D eigenvalue weighted by Crippen LogP contribution is -1.83. The second-order valence-corrected chi connectivity index (χ2v) is 3.09. The van der Waals surface area contributed by atoms with Gasteiger partial charge in [0.25, 0.3) is 0 Å². The molecule has 0 N–H and O–H groups in total. The fourth-order valence-corrected chi connectivity index (χ4v) is 0. The van der Waals surface area contributed by atoms with Gasteiger partial charge in [0.15, 0.2) is 0 Å². The van der Waals surface area contributed by atoms with Crippen LogP contribution >= 0.6 is 34.8 Å². The molecule has 6 heteroatoms. The highest BCUT2D eigenvalue weighted by atomic mass is 35.6. The minimum absolute atomic E-state index is 0.833. The Hall–Kier alpha value is 0.660. The molecule has 0 bridgehead atoms. The molecule has 0 aromatic carbocycles. The van der Waals surface area contributed by atoms with Crippen LogP contribution in [0, 0.1) is 0 Å². The van der Waals surface area contributed by atoms with E-state index in [0.29, 0.717) is 0 Å². The predicted octanol–water partition coefficient (Wildman–Crippen LogP) is 3.56. The van der Waals surface area contributed by atoms with Crippen molar-refractivity contribution < 1.29 is 13.2 Å². The van der Waals surface area contributed by atoms with E-state index in [2.05, 4.69) is 34.8 Å². The van der Waals surface area contributed by atoms with Gasteiger partial charge in [-0.15, -0.1) is 0 Å². The Balaban J connectivity index is 0. The van der Waals surface area contributed by atoms with Gasteiger partial charge in [-0.2, -0.15) is 4.39 Å². The van der Waals surface area contributed by atoms with Gasteiger partial charge in [0.1, 0.15) is 0 Å². The third-order valence-corrected chi connectivity index (χ3v) is 0. The first-order valence-electron chi connectivity index (χ1n) is 1.77. The highest BCUT2D eigenvalue weighted by Crippen LogP contribution is 2.26. The molecule has 0 aliphatic heterocycles. The summed E-state index contributed by atoms with van der Waals surface area (Å²) in [5.41, 5.74) is 0. The van der Waals surface area contributed by atoms with Crippen molar-refractivity contribution in [3.8, 4) is 0 Å².